The minimum Gasteiger partial charge on any atom is -0.391 e. The lowest BCUT2D eigenvalue weighted by atomic mass is 10.0. The number of rotatable bonds is 5. The molecule has 0 amide bonds. The molecule has 1 unspecified atom stereocenters. The van der Waals surface area contributed by atoms with Crippen LogP contribution in [0, 0.1) is 5.92 Å². The molecule has 0 radical (unpaired) electrons. The van der Waals surface area contributed by atoms with Gasteiger partial charge in [0, 0.05) is 6.54 Å². The predicted octanol–water partition coefficient (Wildman–Crippen LogP) is 1.58. The summed E-state index contributed by atoms with van der Waals surface area (Å²) in [6, 6.07) is 3.27. The van der Waals surface area contributed by atoms with Gasteiger partial charge in [-0.15, -0.1) is 11.3 Å². The van der Waals surface area contributed by atoms with Crippen LogP contribution in [0.4, 0.5) is 0 Å². The monoisotopic (exact) mass is 275 g/mol. The average molecular weight is 275 g/mol. The third-order valence-corrected chi connectivity index (χ3v) is 6.01. The second kappa shape index (κ2) is 5.48. The lowest BCUT2D eigenvalue weighted by molar-refractivity contribution is 0.115. The largest absolute Gasteiger partial charge is 0.391 e. The molecule has 1 aromatic rings. The fraction of sp³-hybridized carbons (Fsp3) is 0.636. The molecule has 0 aromatic carbocycles. The van der Waals surface area contributed by atoms with E-state index in [1.807, 2.05) is 0 Å². The van der Waals surface area contributed by atoms with Gasteiger partial charge in [0.1, 0.15) is 4.21 Å². The Morgan fingerprint density at radius 2 is 2.18 bits per heavy atom. The van der Waals surface area contributed by atoms with Gasteiger partial charge in [-0.1, -0.05) is 18.9 Å². The van der Waals surface area contributed by atoms with E-state index >= 15 is 0 Å². The molecule has 1 fully saturated rings. The SMILES string of the molecule is O=S(=O)(NCC(O)C1CCCC1)c1cccs1. The van der Waals surface area contributed by atoms with Crippen molar-refractivity contribution in [3.8, 4) is 0 Å². The summed E-state index contributed by atoms with van der Waals surface area (Å²) in [5.41, 5.74) is 0. The third-order valence-electron chi connectivity index (χ3n) is 3.19. The molecule has 1 saturated carbocycles. The van der Waals surface area contributed by atoms with Gasteiger partial charge in [0.25, 0.3) is 0 Å². The van der Waals surface area contributed by atoms with Crippen molar-refractivity contribution >= 4 is 21.4 Å². The fourth-order valence-corrected chi connectivity index (χ4v) is 4.28. The number of hydrogen-bond acceptors (Lipinski definition) is 4. The summed E-state index contributed by atoms with van der Waals surface area (Å²) >= 11 is 1.18. The van der Waals surface area contributed by atoms with Crippen LogP contribution in [-0.2, 0) is 10.0 Å². The first-order valence-electron chi connectivity index (χ1n) is 5.81. The number of thiophene rings is 1. The summed E-state index contributed by atoms with van der Waals surface area (Å²) in [5, 5.41) is 11.6. The van der Waals surface area contributed by atoms with Crippen molar-refractivity contribution in [1.82, 2.24) is 4.72 Å². The molecule has 1 aliphatic rings. The van der Waals surface area contributed by atoms with E-state index in [1.54, 1.807) is 17.5 Å². The van der Waals surface area contributed by atoms with Crippen molar-refractivity contribution in [3.05, 3.63) is 17.5 Å². The van der Waals surface area contributed by atoms with Crippen molar-refractivity contribution in [2.45, 2.75) is 36.0 Å². The molecule has 0 spiro atoms. The van der Waals surface area contributed by atoms with Gasteiger partial charge in [-0.3, -0.25) is 0 Å². The van der Waals surface area contributed by atoms with Gasteiger partial charge in [0.2, 0.25) is 10.0 Å². The summed E-state index contributed by atoms with van der Waals surface area (Å²) in [5.74, 6) is 0.251. The molecule has 2 N–H and O–H groups in total. The zero-order valence-corrected chi connectivity index (χ0v) is 11.1. The zero-order chi connectivity index (χ0) is 12.3. The highest BCUT2D eigenvalue weighted by molar-refractivity contribution is 7.91. The highest BCUT2D eigenvalue weighted by atomic mass is 32.2. The number of hydrogen-bond donors (Lipinski definition) is 2. The second-order valence-corrected chi connectivity index (χ2v) is 7.34. The van der Waals surface area contributed by atoms with Gasteiger partial charge in [-0.25, -0.2) is 13.1 Å². The topological polar surface area (TPSA) is 66.4 Å². The molecule has 0 saturated heterocycles. The van der Waals surface area contributed by atoms with Crippen LogP contribution in [0.25, 0.3) is 0 Å². The van der Waals surface area contributed by atoms with Crippen molar-refractivity contribution in [2.24, 2.45) is 5.92 Å². The first-order valence-corrected chi connectivity index (χ1v) is 8.17. The van der Waals surface area contributed by atoms with Crippen molar-refractivity contribution < 1.29 is 13.5 Å². The van der Waals surface area contributed by atoms with Crippen LogP contribution in [0.5, 0.6) is 0 Å². The van der Waals surface area contributed by atoms with E-state index in [9.17, 15) is 13.5 Å². The first kappa shape index (κ1) is 13.0. The lowest BCUT2D eigenvalue weighted by Gasteiger charge is -2.17. The van der Waals surface area contributed by atoms with E-state index in [2.05, 4.69) is 4.72 Å². The number of sulfonamides is 1. The van der Waals surface area contributed by atoms with Crippen LogP contribution in [0.15, 0.2) is 21.7 Å². The Morgan fingerprint density at radius 1 is 1.47 bits per heavy atom. The first-order chi connectivity index (χ1) is 8.09. The van der Waals surface area contributed by atoms with Crippen molar-refractivity contribution in [2.75, 3.05) is 6.54 Å². The van der Waals surface area contributed by atoms with Crippen LogP contribution >= 0.6 is 11.3 Å². The summed E-state index contributed by atoms with van der Waals surface area (Å²) in [6.07, 6.45) is 3.72. The van der Waals surface area contributed by atoms with Crippen LogP contribution in [0.2, 0.25) is 0 Å². The van der Waals surface area contributed by atoms with E-state index in [-0.39, 0.29) is 12.5 Å². The van der Waals surface area contributed by atoms with Gasteiger partial charge in [-0.2, -0.15) is 0 Å². The Bertz CT molecular complexity index is 435. The molecule has 0 bridgehead atoms. The maximum atomic E-state index is 11.8. The second-order valence-electron chi connectivity index (χ2n) is 4.40. The van der Waals surface area contributed by atoms with Crippen molar-refractivity contribution in [3.63, 3.8) is 0 Å². The fourth-order valence-electron chi connectivity index (χ4n) is 2.19. The smallest absolute Gasteiger partial charge is 0.250 e. The van der Waals surface area contributed by atoms with Gasteiger partial charge in [0.15, 0.2) is 0 Å². The molecule has 96 valence electrons. The molecule has 1 heterocycles. The molecular weight excluding hydrogens is 258 g/mol. The maximum Gasteiger partial charge on any atom is 0.250 e. The molecule has 1 aromatic heterocycles. The van der Waals surface area contributed by atoms with Crippen LogP contribution < -0.4 is 4.72 Å². The highest BCUT2D eigenvalue weighted by Gasteiger charge is 2.25. The summed E-state index contributed by atoms with van der Waals surface area (Å²) in [6.45, 7) is 0.116. The summed E-state index contributed by atoms with van der Waals surface area (Å²) in [4.78, 5) is 0. The highest BCUT2D eigenvalue weighted by Crippen LogP contribution is 2.27. The molecule has 1 atom stereocenters. The quantitative estimate of drug-likeness (QED) is 0.857. The third kappa shape index (κ3) is 3.28. The number of aliphatic hydroxyl groups is 1. The van der Waals surface area contributed by atoms with Gasteiger partial charge >= 0.3 is 0 Å². The Balaban J connectivity index is 1.89. The van der Waals surface area contributed by atoms with Gasteiger partial charge in [0.05, 0.1) is 6.10 Å². The molecule has 4 nitrogen and oxygen atoms in total. The standard InChI is InChI=1S/C11H17NO3S2/c13-10(9-4-1-2-5-9)8-12-17(14,15)11-6-3-7-16-11/h3,6-7,9-10,12-13H,1-2,4-5,8H2. The number of nitrogens with one attached hydrogen (secondary N) is 1. The van der Waals surface area contributed by atoms with E-state index < -0.39 is 16.1 Å². The molecule has 17 heavy (non-hydrogen) atoms. The normalized spacial score (nSPS) is 19.6. The summed E-state index contributed by atoms with van der Waals surface area (Å²) < 4.78 is 26.4. The van der Waals surface area contributed by atoms with Gasteiger partial charge in [-0.05, 0) is 30.2 Å². The van der Waals surface area contributed by atoms with Crippen molar-refractivity contribution in [1.29, 1.82) is 0 Å². The molecular formula is C11H17NO3S2. The summed E-state index contributed by atoms with van der Waals surface area (Å²) in [7, 11) is -3.43. The Hall–Kier alpha value is -0.430. The van der Waals surface area contributed by atoms with Crippen LogP contribution in [0.1, 0.15) is 25.7 Å². The Morgan fingerprint density at radius 3 is 2.76 bits per heavy atom. The number of aliphatic hydroxyl groups excluding tert-OH is 1. The molecule has 6 heteroatoms. The van der Waals surface area contributed by atoms with E-state index in [0.717, 1.165) is 25.7 Å². The zero-order valence-electron chi connectivity index (χ0n) is 9.50. The Labute approximate surface area is 106 Å². The Kier molecular flexibility index (Phi) is 4.19. The molecule has 2 rings (SSSR count). The lowest BCUT2D eigenvalue weighted by Crippen LogP contribution is -2.35. The van der Waals surface area contributed by atoms with Crippen LogP contribution in [-0.4, -0.2) is 26.2 Å². The molecule has 1 aliphatic carbocycles. The van der Waals surface area contributed by atoms with Crippen LogP contribution in [0.3, 0.4) is 0 Å². The van der Waals surface area contributed by atoms with Gasteiger partial charge < -0.3 is 5.11 Å². The maximum absolute atomic E-state index is 11.8. The minimum absolute atomic E-state index is 0.116. The predicted molar refractivity (Wildman–Crippen MR) is 67.5 cm³/mol. The molecule has 0 aliphatic heterocycles. The van der Waals surface area contributed by atoms with E-state index in [0.29, 0.717) is 4.21 Å². The minimum atomic E-state index is -3.43. The van der Waals surface area contributed by atoms with E-state index in [1.165, 1.54) is 11.3 Å². The van der Waals surface area contributed by atoms with E-state index in [4.69, 9.17) is 0 Å². The average Bonchev–Trinajstić information content (AvgIpc) is 2.97.